The zero-order valence-electron chi connectivity index (χ0n) is 10.3. The smallest absolute Gasteiger partial charge is 0.240 e. The van der Waals surface area contributed by atoms with Crippen LogP contribution in [0.5, 0.6) is 0 Å². The molecule has 0 unspecified atom stereocenters. The van der Waals surface area contributed by atoms with Gasteiger partial charge in [-0.15, -0.1) is 0 Å². The van der Waals surface area contributed by atoms with Gasteiger partial charge in [0, 0.05) is 11.6 Å². The van der Waals surface area contributed by atoms with Gasteiger partial charge in [0.05, 0.1) is 10.6 Å². The van der Waals surface area contributed by atoms with E-state index in [1.54, 1.807) is 24.3 Å². The molecule has 106 valence electrons. The summed E-state index contributed by atoms with van der Waals surface area (Å²) >= 11 is 5.93. The van der Waals surface area contributed by atoms with Crippen molar-refractivity contribution >= 4 is 27.3 Å². The monoisotopic (exact) mass is 314 g/mol. The number of benzene rings is 2. The van der Waals surface area contributed by atoms with Gasteiger partial charge in [-0.3, -0.25) is 0 Å². The van der Waals surface area contributed by atoms with Crippen molar-refractivity contribution in [2.45, 2.75) is 11.4 Å². The second-order valence-electron chi connectivity index (χ2n) is 4.10. The highest BCUT2D eigenvalue weighted by Crippen LogP contribution is 2.18. The Morgan fingerprint density at radius 3 is 2.55 bits per heavy atom. The second kappa shape index (κ2) is 5.78. The van der Waals surface area contributed by atoms with Gasteiger partial charge in [-0.25, -0.2) is 17.5 Å². The molecule has 0 saturated carbocycles. The molecule has 0 aromatic heterocycles. The van der Waals surface area contributed by atoms with Crippen LogP contribution in [0.4, 0.5) is 10.1 Å². The van der Waals surface area contributed by atoms with E-state index in [0.717, 1.165) is 6.07 Å². The van der Waals surface area contributed by atoms with Gasteiger partial charge in [0.2, 0.25) is 10.0 Å². The van der Waals surface area contributed by atoms with Gasteiger partial charge < -0.3 is 5.73 Å². The molecule has 4 nitrogen and oxygen atoms in total. The van der Waals surface area contributed by atoms with Gasteiger partial charge >= 0.3 is 0 Å². The standard InChI is InChI=1S/C13H12ClFN2O2S/c14-11-4-2-1-3-9(11)8-17-20(18,19)10-5-6-13(16)12(15)7-10/h1-7,17H,8,16H2. The Kier molecular flexibility index (Phi) is 4.27. The summed E-state index contributed by atoms with van der Waals surface area (Å²) in [6.07, 6.45) is 0. The third-order valence-corrected chi connectivity index (χ3v) is 4.46. The summed E-state index contributed by atoms with van der Waals surface area (Å²) in [5.74, 6) is -0.773. The van der Waals surface area contributed by atoms with Crippen LogP contribution in [0, 0.1) is 5.82 Å². The summed E-state index contributed by atoms with van der Waals surface area (Å²) in [5.41, 5.74) is 5.84. The molecule has 0 atom stereocenters. The summed E-state index contributed by atoms with van der Waals surface area (Å²) in [4.78, 5) is -0.184. The number of sulfonamides is 1. The minimum atomic E-state index is -3.82. The predicted molar refractivity (Wildman–Crippen MR) is 76.3 cm³/mol. The number of hydrogen-bond donors (Lipinski definition) is 2. The van der Waals surface area contributed by atoms with Crippen molar-refractivity contribution in [1.29, 1.82) is 0 Å². The number of anilines is 1. The second-order valence-corrected chi connectivity index (χ2v) is 6.27. The van der Waals surface area contributed by atoms with Gasteiger partial charge in [0.15, 0.2) is 0 Å². The largest absolute Gasteiger partial charge is 0.396 e. The van der Waals surface area contributed by atoms with E-state index in [1.165, 1.54) is 12.1 Å². The van der Waals surface area contributed by atoms with Gasteiger partial charge in [0.25, 0.3) is 0 Å². The normalized spacial score (nSPS) is 11.5. The Labute approximate surface area is 121 Å². The number of halogens is 2. The Balaban J connectivity index is 2.19. The number of nitrogen functional groups attached to an aromatic ring is 1. The van der Waals surface area contributed by atoms with Crippen LogP contribution >= 0.6 is 11.6 Å². The van der Waals surface area contributed by atoms with Gasteiger partial charge in [-0.05, 0) is 29.8 Å². The average molecular weight is 315 g/mol. The first kappa shape index (κ1) is 14.8. The van der Waals surface area contributed by atoms with Crippen LogP contribution < -0.4 is 10.5 Å². The number of nitrogens with two attached hydrogens (primary N) is 1. The molecule has 2 rings (SSSR count). The molecule has 7 heteroatoms. The molecule has 2 aromatic carbocycles. The van der Waals surface area contributed by atoms with Crippen LogP contribution in [-0.2, 0) is 16.6 Å². The maximum Gasteiger partial charge on any atom is 0.240 e. The van der Waals surface area contributed by atoms with E-state index in [-0.39, 0.29) is 17.1 Å². The number of hydrogen-bond acceptors (Lipinski definition) is 3. The predicted octanol–water partition coefficient (Wildman–Crippen LogP) is 2.54. The van der Waals surface area contributed by atoms with E-state index in [9.17, 15) is 12.8 Å². The lowest BCUT2D eigenvalue weighted by molar-refractivity contribution is 0.578. The van der Waals surface area contributed by atoms with Crippen LogP contribution in [0.15, 0.2) is 47.4 Å². The molecule has 0 fully saturated rings. The van der Waals surface area contributed by atoms with Crippen molar-refractivity contribution in [1.82, 2.24) is 4.72 Å². The highest BCUT2D eigenvalue weighted by molar-refractivity contribution is 7.89. The lowest BCUT2D eigenvalue weighted by Gasteiger charge is -2.08. The van der Waals surface area contributed by atoms with Gasteiger partial charge in [-0.2, -0.15) is 0 Å². The lowest BCUT2D eigenvalue weighted by Crippen LogP contribution is -2.23. The Bertz CT molecular complexity index is 735. The molecule has 0 aliphatic rings. The molecule has 2 aromatic rings. The van der Waals surface area contributed by atoms with Crippen LogP contribution in [0.25, 0.3) is 0 Å². The van der Waals surface area contributed by atoms with Crippen LogP contribution in [-0.4, -0.2) is 8.42 Å². The zero-order valence-corrected chi connectivity index (χ0v) is 11.9. The first-order chi connectivity index (χ1) is 9.40. The zero-order chi connectivity index (χ0) is 14.8. The molecule has 0 radical (unpaired) electrons. The fraction of sp³-hybridized carbons (Fsp3) is 0.0769. The van der Waals surface area contributed by atoms with Crippen LogP contribution in [0.3, 0.4) is 0 Å². The fourth-order valence-corrected chi connectivity index (χ4v) is 2.79. The summed E-state index contributed by atoms with van der Waals surface area (Å²) < 4.78 is 39.7. The van der Waals surface area contributed by atoms with Crippen LogP contribution in [0.1, 0.15) is 5.56 Å². The topological polar surface area (TPSA) is 72.2 Å². The van der Waals surface area contributed by atoms with Gasteiger partial charge in [0.1, 0.15) is 5.82 Å². The molecule has 0 spiro atoms. The molecule has 0 saturated heterocycles. The van der Waals surface area contributed by atoms with E-state index in [4.69, 9.17) is 17.3 Å². The highest BCUT2D eigenvalue weighted by atomic mass is 35.5. The molecular formula is C13H12ClFN2O2S. The van der Waals surface area contributed by atoms with Crippen molar-refractivity contribution in [2.75, 3.05) is 5.73 Å². The molecule has 3 N–H and O–H groups in total. The van der Waals surface area contributed by atoms with Crippen molar-refractivity contribution < 1.29 is 12.8 Å². The first-order valence-corrected chi connectivity index (χ1v) is 7.54. The molecule has 0 aliphatic carbocycles. The van der Waals surface area contributed by atoms with Crippen molar-refractivity contribution in [3.63, 3.8) is 0 Å². The molecular weight excluding hydrogens is 303 g/mol. The average Bonchev–Trinajstić information content (AvgIpc) is 2.41. The van der Waals surface area contributed by atoms with E-state index >= 15 is 0 Å². The lowest BCUT2D eigenvalue weighted by atomic mass is 10.2. The number of rotatable bonds is 4. The molecule has 20 heavy (non-hydrogen) atoms. The fourth-order valence-electron chi connectivity index (χ4n) is 1.57. The molecule has 0 bridgehead atoms. The number of nitrogens with one attached hydrogen (secondary N) is 1. The van der Waals surface area contributed by atoms with Gasteiger partial charge in [-0.1, -0.05) is 29.8 Å². The summed E-state index contributed by atoms with van der Waals surface area (Å²) in [5, 5.41) is 0.457. The third kappa shape index (κ3) is 3.27. The minimum Gasteiger partial charge on any atom is -0.396 e. The van der Waals surface area contributed by atoms with Crippen molar-refractivity contribution in [2.24, 2.45) is 0 Å². The molecule has 0 heterocycles. The Morgan fingerprint density at radius 2 is 1.90 bits per heavy atom. The summed E-state index contributed by atoms with van der Waals surface area (Å²) in [6.45, 7) is 0.0218. The van der Waals surface area contributed by atoms with Crippen LogP contribution in [0.2, 0.25) is 5.02 Å². The maximum absolute atomic E-state index is 13.3. The quantitative estimate of drug-likeness (QED) is 0.852. The summed E-state index contributed by atoms with van der Waals surface area (Å²) in [7, 11) is -3.82. The Morgan fingerprint density at radius 1 is 1.20 bits per heavy atom. The summed E-state index contributed by atoms with van der Waals surface area (Å²) in [6, 6.07) is 10.2. The van der Waals surface area contributed by atoms with E-state index in [2.05, 4.69) is 4.72 Å². The van der Waals surface area contributed by atoms with E-state index < -0.39 is 15.8 Å². The third-order valence-electron chi connectivity index (χ3n) is 2.69. The maximum atomic E-state index is 13.3. The first-order valence-electron chi connectivity index (χ1n) is 5.68. The van der Waals surface area contributed by atoms with E-state index in [0.29, 0.717) is 10.6 Å². The SMILES string of the molecule is Nc1ccc(S(=O)(=O)NCc2ccccc2Cl)cc1F. The highest BCUT2D eigenvalue weighted by Gasteiger charge is 2.16. The van der Waals surface area contributed by atoms with Crippen molar-refractivity contribution in [3.05, 3.63) is 58.9 Å². The molecule has 0 amide bonds. The molecule has 0 aliphatic heterocycles. The van der Waals surface area contributed by atoms with E-state index in [1.807, 2.05) is 0 Å². The Hall–Kier alpha value is -1.63. The minimum absolute atomic E-state index is 0.0218. The van der Waals surface area contributed by atoms with Crippen molar-refractivity contribution in [3.8, 4) is 0 Å².